The molecular weight excluding hydrogens is 771 g/mol. The first-order valence-corrected chi connectivity index (χ1v) is 23.3. The largest absolute Gasteiger partial charge is 0.465 e. The molecule has 0 radical (unpaired) electrons. The van der Waals surface area contributed by atoms with Crippen molar-refractivity contribution in [3.8, 4) is 0 Å². The maximum absolute atomic E-state index is 16.1. The first-order valence-electron chi connectivity index (χ1n) is 19.7. The van der Waals surface area contributed by atoms with E-state index in [0.717, 1.165) is 31.8 Å². The molecule has 0 amide bonds. The van der Waals surface area contributed by atoms with Crippen molar-refractivity contribution in [2.45, 2.75) is 6.42 Å². The van der Waals surface area contributed by atoms with E-state index in [1.165, 1.54) is 14.2 Å². The van der Waals surface area contributed by atoms with Crippen molar-refractivity contribution in [3.05, 3.63) is 194 Å². The summed E-state index contributed by atoms with van der Waals surface area (Å²) in [5, 5.41) is 4.85. The van der Waals surface area contributed by atoms with Gasteiger partial charge in [0, 0.05) is 11.8 Å². The summed E-state index contributed by atoms with van der Waals surface area (Å²) >= 11 is 0. The number of benzene rings is 6. The van der Waals surface area contributed by atoms with Crippen LogP contribution in [0.1, 0.15) is 6.42 Å². The van der Waals surface area contributed by atoms with Crippen molar-refractivity contribution >= 4 is 79.7 Å². The number of fused-ring (bicyclic) bond motifs is 2. The minimum Gasteiger partial charge on any atom is -0.465 e. The Morgan fingerprint density at radius 2 is 0.610 bits per heavy atom. The molecule has 0 aromatic heterocycles. The van der Waals surface area contributed by atoms with E-state index < -0.39 is 49.1 Å². The Morgan fingerprint density at radius 1 is 0.390 bits per heavy atom. The van der Waals surface area contributed by atoms with Gasteiger partial charge >= 0.3 is 11.9 Å². The Bertz CT molecular complexity index is 2250. The highest BCUT2D eigenvalue weighted by Gasteiger charge is 2.56. The average Bonchev–Trinajstić information content (AvgIpc) is 3.94. The number of rotatable bonds is 12. The Labute approximate surface area is 345 Å². The summed E-state index contributed by atoms with van der Waals surface area (Å²) in [6.07, 6.45) is 4.54. The number of allylic oxidation sites excluding steroid dienone is 2. The fraction of sp³-hybridized carbons (Fsp3) is 0.137. The summed E-state index contributed by atoms with van der Waals surface area (Å²) in [5.41, 5.74) is 0. The highest BCUT2D eigenvalue weighted by molar-refractivity contribution is 7.98. The lowest BCUT2D eigenvalue weighted by atomic mass is 9.76. The number of methoxy groups -OCH3 is 2. The van der Waals surface area contributed by atoms with E-state index in [4.69, 9.17) is 9.47 Å². The molecule has 1 fully saturated rings. The first-order chi connectivity index (χ1) is 28.9. The monoisotopic (exact) mass is 814 g/mol. The number of carbonyl (C=O) groups is 4. The molecule has 8 heteroatoms. The summed E-state index contributed by atoms with van der Waals surface area (Å²) in [6.45, 7) is -6.56. The highest BCUT2D eigenvalue weighted by atomic mass is 31.2. The fourth-order valence-corrected chi connectivity index (χ4v) is 18.2. The summed E-state index contributed by atoms with van der Waals surface area (Å²) < 4.78 is 11.2. The van der Waals surface area contributed by atoms with E-state index in [0.29, 0.717) is 6.42 Å². The van der Waals surface area contributed by atoms with Crippen molar-refractivity contribution in [2.24, 2.45) is 23.7 Å². The third-order valence-corrected chi connectivity index (χ3v) is 20.4. The van der Waals surface area contributed by atoms with Crippen molar-refractivity contribution in [3.63, 3.8) is 0 Å². The van der Waals surface area contributed by atoms with Crippen LogP contribution in [0.15, 0.2) is 194 Å². The molecule has 8 rings (SSSR count). The predicted octanol–water partition coefficient (Wildman–Crippen LogP) is 6.24. The number of carbonyl (C=O) groups excluding carboxylic acids is 4. The van der Waals surface area contributed by atoms with E-state index in [1.807, 2.05) is 194 Å². The second kappa shape index (κ2) is 17.0. The maximum Gasteiger partial charge on any atom is 0.342 e. The van der Waals surface area contributed by atoms with Crippen LogP contribution in [0.25, 0.3) is 0 Å². The zero-order valence-electron chi connectivity index (χ0n) is 32.8. The Balaban J connectivity index is 1.47. The van der Waals surface area contributed by atoms with Crippen LogP contribution in [0, 0.1) is 23.7 Å². The van der Waals surface area contributed by atoms with E-state index in [9.17, 15) is 9.59 Å². The van der Waals surface area contributed by atoms with Gasteiger partial charge in [-0.3, -0.25) is 9.59 Å². The van der Waals surface area contributed by atoms with Gasteiger partial charge in [0.05, 0.1) is 14.2 Å². The first kappa shape index (κ1) is 39.8. The smallest absolute Gasteiger partial charge is 0.342 e. The summed E-state index contributed by atoms with van der Waals surface area (Å²) in [5.74, 6) is -5.01. The number of hydrogen-bond acceptors (Lipinski definition) is 6. The van der Waals surface area contributed by atoms with Gasteiger partial charge in [-0.15, -0.1) is 0 Å². The van der Waals surface area contributed by atoms with Gasteiger partial charge in [0.1, 0.15) is 10.6 Å². The van der Waals surface area contributed by atoms with Gasteiger partial charge in [-0.1, -0.05) is 194 Å². The minimum atomic E-state index is -3.28. The van der Waals surface area contributed by atoms with E-state index >= 15 is 9.59 Å². The van der Waals surface area contributed by atoms with Crippen LogP contribution >= 0.6 is 13.8 Å². The van der Waals surface area contributed by atoms with E-state index in [1.54, 1.807) is 0 Å². The second-order valence-electron chi connectivity index (χ2n) is 14.8. The second-order valence-corrected chi connectivity index (χ2v) is 21.4. The fourth-order valence-electron chi connectivity index (χ4n) is 9.43. The third-order valence-electron chi connectivity index (χ3n) is 11.8. The van der Waals surface area contributed by atoms with Gasteiger partial charge in [0.2, 0.25) is 0 Å². The van der Waals surface area contributed by atoms with Gasteiger partial charge in [-0.25, -0.2) is 9.59 Å². The minimum absolute atomic E-state index is 0.0159. The summed E-state index contributed by atoms with van der Waals surface area (Å²) in [7, 11) is 2.60. The average molecular weight is 815 g/mol. The Hall–Kier alpha value is -6.06. The van der Waals surface area contributed by atoms with Gasteiger partial charge in [0.15, 0.2) is 11.6 Å². The van der Waals surface area contributed by atoms with E-state index in [-0.39, 0.29) is 22.4 Å². The van der Waals surface area contributed by atoms with Gasteiger partial charge in [-0.05, 0) is 63.9 Å². The molecule has 0 aliphatic heterocycles. The molecular formula is C51H44O6P2. The molecule has 2 aliphatic rings. The van der Waals surface area contributed by atoms with Crippen molar-refractivity contribution in [2.75, 3.05) is 14.2 Å². The Kier molecular flexibility index (Phi) is 11.5. The molecule has 0 spiro atoms. The topological polar surface area (TPSA) is 86.7 Å². The molecule has 6 nitrogen and oxygen atoms in total. The highest BCUT2D eigenvalue weighted by Crippen LogP contribution is 2.55. The maximum atomic E-state index is 16.1. The molecule has 59 heavy (non-hydrogen) atoms. The SMILES string of the molecule is COC(=O)C(C(=O)C1C2C=CC(C2)C1C(=O)C(C(=O)OC)=P(c1ccccc1)(c1ccccc1)c1ccccc1)=P(c1ccccc1)(c1ccccc1)c1ccccc1. The number of ketones is 2. The van der Waals surface area contributed by atoms with Crippen LogP contribution in [0.2, 0.25) is 0 Å². The van der Waals surface area contributed by atoms with Gasteiger partial charge in [-0.2, -0.15) is 0 Å². The Morgan fingerprint density at radius 3 is 0.814 bits per heavy atom. The quantitative estimate of drug-likeness (QED) is 0.0630. The molecule has 294 valence electrons. The number of ether oxygens (including phenoxy) is 2. The molecule has 2 aliphatic carbocycles. The standard InChI is InChI=1S/C51H44O6P2/c1-56-50(54)48(58(38-21-9-3-10-22-38,39-23-11-4-12-24-39)40-25-13-5-14-26-40)46(52)44-36-33-34-37(35-36)45(44)47(53)49(51(55)57-2)59(41-27-15-6-16-28-41,42-29-17-7-18-30-42)43-31-19-8-20-32-43/h3-34,36-37,44-45H,35H2,1-2H3. The summed E-state index contributed by atoms with van der Waals surface area (Å²) in [4.78, 5) is 61.7. The molecule has 2 bridgehead atoms. The zero-order chi connectivity index (χ0) is 41.0. The molecule has 6 aromatic rings. The zero-order valence-corrected chi connectivity index (χ0v) is 34.6. The third kappa shape index (κ3) is 6.71. The van der Waals surface area contributed by atoms with Crippen LogP contribution in [-0.2, 0) is 28.7 Å². The van der Waals surface area contributed by atoms with Crippen molar-refractivity contribution in [1.82, 2.24) is 0 Å². The predicted molar refractivity (Wildman–Crippen MR) is 242 cm³/mol. The van der Waals surface area contributed by atoms with Crippen LogP contribution in [-0.4, -0.2) is 48.3 Å². The van der Waals surface area contributed by atoms with Crippen LogP contribution in [0.5, 0.6) is 0 Å². The molecule has 0 heterocycles. The lowest BCUT2D eigenvalue weighted by Gasteiger charge is -2.35. The van der Waals surface area contributed by atoms with Crippen molar-refractivity contribution in [1.29, 1.82) is 0 Å². The molecule has 4 atom stereocenters. The van der Waals surface area contributed by atoms with Crippen LogP contribution in [0.4, 0.5) is 0 Å². The normalized spacial score (nSPS) is 18.1. The molecule has 4 unspecified atom stereocenters. The number of Topliss-reactive ketones (excluding diaryl/α,β-unsaturated/α-hetero) is 2. The number of esters is 2. The van der Waals surface area contributed by atoms with Gasteiger partial charge in [0.25, 0.3) is 0 Å². The van der Waals surface area contributed by atoms with Gasteiger partial charge < -0.3 is 9.47 Å². The van der Waals surface area contributed by atoms with E-state index in [2.05, 4.69) is 0 Å². The van der Waals surface area contributed by atoms with Crippen LogP contribution < -0.4 is 31.8 Å². The summed E-state index contributed by atoms with van der Waals surface area (Å²) in [6, 6.07) is 58.1. The molecule has 0 saturated heterocycles. The lowest BCUT2D eigenvalue weighted by molar-refractivity contribution is -0.136. The van der Waals surface area contributed by atoms with Crippen molar-refractivity contribution < 1.29 is 28.7 Å². The number of hydrogen-bond donors (Lipinski definition) is 0. The lowest BCUT2D eigenvalue weighted by Crippen LogP contribution is -2.47. The van der Waals surface area contributed by atoms with Crippen LogP contribution in [0.3, 0.4) is 0 Å². The molecule has 1 saturated carbocycles. The molecule has 0 N–H and O–H groups in total. The molecule has 6 aromatic carbocycles.